The van der Waals surface area contributed by atoms with E-state index in [4.69, 9.17) is 14.2 Å². The number of methoxy groups -OCH3 is 2. The van der Waals surface area contributed by atoms with Crippen molar-refractivity contribution in [3.8, 4) is 11.5 Å². The second kappa shape index (κ2) is 9.95. The van der Waals surface area contributed by atoms with Crippen LogP contribution in [-0.4, -0.2) is 38.5 Å². The third-order valence-electron chi connectivity index (χ3n) is 3.09. The minimum absolute atomic E-state index is 0.205. The Balaban J connectivity index is 1.73. The Labute approximate surface area is 154 Å². The van der Waals surface area contributed by atoms with E-state index in [2.05, 4.69) is 5.32 Å². The molecule has 6 nitrogen and oxygen atoms in total. The van der Waals surface area contributed by atoms with Gasteiger partial charge in [-0.15, -0.1) is 23.1 Å². The number of thiophene rings is 1. The summed E-state index contributed by atoms with van der Waals surface area (Å²) in [7, 11) is 3.04. The first-order chi connectivity index (χ1) is 12.1. The Kier molecular flexibility index (Phi) is 7.62. The first-order valence-electron chi connectivity index (χ1n) is 7.40. The third-order valence-corrected chi connectivity index (χ3v) is 5.11. The van der Waals surface area contributed by atoms with Crippen LogP contribution in [0.5, 0.6) is 11.5 Å². The molecule has 134 valence electrons. The second-order valence-electron chi connectivity index (χ2n) is 4.85. The van der Waals surface area contributed by atoms with Crippen LogP contribution in [0.15, 0.2) is 35.7 Å². The highest BCUT2D eigenvalue weighted by Crippen LogP contribution is 2.28. The molecular weight excluding hydrogens is 362 g/mol. The van der Waals surface area contributed by atoms with Crippen molar-refractivity contribution >= 4 is 40.7 Å². The van der Waals surface area contributed by atoms with Crippen LogP contribution in [0.3, 0.4) is 0 Å². The standard InChI is InChI=1S/C17H19NO5S2/c1-21-12-5-6-14(15(8-12)22-2)18-16(19)9-23-17(20)11-24-10-13-4-3-7-25-13/h3-8H,9-11H2,1-2H3,(H,18,19). The fourth-order valence-corrected chi connectivity index (χ4v) is 3.57. The molecule has 0 atom stereocenters. The van der Waals surface area contributed by atoms with E-state index < -0.39 is 11.9 Å². The van der Waals surface area contributed by atoms with Gasteiger partial charge in [-0.1, -0.05) is 6.07 Å². The van der Waals surface area contributed by atoms with Crippen molar-refractivity contribution in [1.29, 1.82) is 0 Å². The molecular formula is C17H19NO5S2. The maximum absolute atomic E-state index is 11.9. The van der Waals surface area contributed by atoms with Crippen LogP contribution in [0.2, 0.25) is 0 Å². The molecule has 2 aromatic rings. The van der Waals surface area contributed by atoms with Gasteiger partial charge in [0.2, 0.25) is 0 Å². The summed E-state index contributed by atoms with van der Waals surface area (Å²) in [5, 5.41) is 4.64. The summed E-state index contributed by atoms with van der Waals surface area (Å²) in [4.78, 5) is 24.8. The van der Waals surface area contributed by atoms with E-state index >= 15 is 0 Å². The van der Waals surface area contributed by atoms with Crippen LogP contribution in [0.25, 0.3) is 0 Å². The molecule has 0 aliphatic rings. The van der Waals surface area contributed by atoms with Gasteiger partial charge in [0.15, 0.2) is 6.61 Å². The number of carbonyl (C=O) groups is 2. The number of ether oxygens (including phenoxy) is 3. The molecule has 8 heteroatoms. The topological polar surface area (TPSA) is 73.9 Å². The van der Waals surface area contributed by atoms with Crippen LogP contribution in [0.4, 0.5) is 5.69 Å². The molecule has 1 amide bonds. The summed E-state index contributed by atoms with van der Waals surface area (Å²) >= 11 is 3.10. The zero-order valence-electron chi connectivity index (χ0n) is 13.9. The van der Waals surface area contributed by atoms with Gasteiger partial charge in [-0.05, 0) is 23.6 Å². The van der Waals surface area contributed by atoms with E-state index in [-0.39, 0.29) is 12.4 Å². The molecule has 1 heterocycles. The van der Waals surface area contributed by atoms with Crippen LogP contribution < -0.4 is 14.8 Å². The van der Waals surface area contributed by atoms with Gasteiger partial charge in [0.25, 0.3) is 5.91 Å². The number of rotatable bonds is 9. The fourth-order valence-electron chi connectivity index (χ4n) is 1.91. The SMILES string of the molecule is COc1ccc(NC(=O)COC(=O)CSCc2cccs2)c(OC)c1. The van der Waals surface area contributed by atoms with Gasteiger partial charge < -0.3 is 19.5 Å². The summed E-state index contributed by atoms with van der Waals surface area (Å²) in [6, 6.07) is 9.00. The molecule has 1 aromatic heterocycles. The molecule has 0 radical (unpaired) electrons. The Bertz CT molecular complexity index is 703. The van der Waals surface area contributed by atoms with Crippen molar-refractivity contribution in [2.45, 2.75) is 5.75 Å². The van der Waals surface area contributed by atoms with E-state index in [0.29, 0.717) is 17.2 Å². The summed E-state index contributed by atoms with van der Waals surface area (Å²) < 4.78 is 15.3. The summed E-state index contributed by atoms with van der Waals surface area (Å²) in [6.07, 6.45) is 0. The molecule has 2 rings (SSSR count). The largest absolute Gasteiger partial charge is 0.497 e. The Morgan fingerprint density at radius 2 is 2.04 bits per heavy atom. The normalized spacial score (nSPS) is 10.2. The molecule has 1 N–H and O–H groups in total. The lowest BCUT2D eigenvalue weighted by atomic mass is 10.2. The quantitative estimate of drug-likeness (QED) is 0.673. The van der Waals surface area contributed by atoms with Crippen molar-refractivity contribution in [3.63, 3.8) is 0 Å². The maximum Gasteiger partial charge on any atom is 0.316 e. The van der Waals surface area contributed by atoms with Crippen molar-refractivity contribution < 1.29 is 23.8 Å². The highest BCUT2D eigenvalue weighted by atomic mass is 32.2. The van der Waals surface area contributed by atoms with Crippen LogP contribution in [0.1, 0.15) is 4.88 Å². The van der Waals surface area contributed by atoms with Gasteiger partial charge in [0.05, 0.1) is 25.7 Å². The average Bonchev–Trinajstić information content (AvgIpc) is 3.13. The van der Waals surface area contributed by atoms with Crippen molar-refractivity contribution in [2.75, 3.05) is 31.9 Å². The van der Waals surface area contributed by atoms with Gasteiger partial charge in [0.1, 0.15) is 11.5 Å². The van der Waals surface area contributed by atoms with E-state index in [9.17, 15) is 9.59 Å². The van der Waals surface area contributed by atoms with Gasteiger partial charge in [-0.2, -0.15) is 0 Å². The predicted molar refractivity (Wildman–Crippen MR) is 99.6 cm³/mol. The summed E-state index contributed by atoms with van der Waals surface area (Å²) in [6.45, 7) is -0.340. The van der Waals surface area contributed by atoms with Gasteiger partial charge in [0, 0.05) is 16.7 Å². The zero-order valence-corrected chi connectivity index (χ0v) is 15.6. The van der Waals surface area contributed by atoms with E-state index in [1.54, 1.807) is 36.6 Å². The number of nitrogens with one attached hydrogen (secondary N) is 1. The molecule has 1 aromatic carbocycles. The molecule has 0 aliphatic heterocycles. The number of carbonyl (C=O) groups excluding carboxylic acids is 2. The lowest BCUT2D eigenvalue weighted by Crippen LogP contribution is -2.22. The van der Waals surface area contributed by atoms with E-state index in [1.807, 2.05) is 17.5 Å². The highest BCUT2D eigenvalue weighted by Gasteiger charge is 2.11. The van der Waals surface area contributed by atoms with Gasteiger partial charge in [-0.3, -0.25) is 9.59 Å². The number of esters is 1. The fraction of sp³-hybridized carbons (Fsp3) is 0.294. The van der Waals surface area contributed by atoms with Gasteiger partial charge >= 0.3 is 5.97 Å². The first-order valence-corrected chi connectivity index (χ1v) is 9.43. The lowest BCUT2D eigenvalue weighted by Gasteiger charge is -2.11. The smallest absolute Gasteiger partial charge is 0.316 e. The predicted octanol–water partition coefficient (Wildman–Crippen LogP) is 3.18. The number of thioether (sulfide) groups is 1. The summed E-state index contributed by atoms with van der Waals surface area (Å²) in [5.41, 5.74) is 0.483. The molecule has 0 spiro atoms. The lowest BCUT2D eigenvalue weighted by molar-refractivity contribution is -0.144. The van der Waals surface area contributed by atoms with Gasteiger partial charge in [-0.25, -0.2) is 0 Å². The van der Waals surface area contributed by atoms with Crippen LogP contribution >= 0.6 is 23.1 Å². The molecule has 25 heavy (non-hydrogen) atoms. The number of amides is 1. The first kappa shape index (κ1) is 19.1. The minimum atomic E-state index is -0.430. The number of hydrogen-bond donors (Lipinski definition) is 1. The summed E-state index contributed by atoms with van der Waals surface area (Å²) in [5.74, 6) is 1.19. The molecule has 0 fully saturated rings. The second-order valence-corrected chi connectivity index (χ2v) is 6.87. The molecule has 0 saturated heterocycles. The molecule has 0 aliphatic carbocycles. The van der Waals surface area contributed by atoms with E-state index in [1.165, 1.54) is 23.7 Å². The number of benzene rings is 1. The highest BCUT2D eigenvalue weighted by molar-refractivity contribution is 7.99. The van der Waals surface area contributed by atoms with Crippen molar-refractivity contribution in [2.24, 2.45) is 0 Å². The molecule has 0 bridgehead atoms. The number of hydrogen-bond acceptors (Lipinski definition) is 7. The average molecular weight is 381 g/mol. The molecule has 0 saturated carbocycles. The monoisotopic (exact) mass is 381 g/mol. The van der Waals surface area contributed by atoms with Crippen LogP contribution in [-0.2, 0) is 20.1 Å². The Morgan fingerprint density at radius 1 is 1.20 bits per heavy atom. The minimum Gasteiger partial charge on any atom is -0.497 e. The van der Waals surface area contributed by atoms with Crippen molar-refractivity contribution in [3.05, 3.63) is 40.6 Å². The Hall–Kier alpha value is -2.19. The number of anilines is 1. The zero-order chi connectivity index (χ0) is 18.1. The van der Waals surface area contributed by atoms with Crippen molar-refractivity contribution in [1.82, 2.24) is 0 Å². The third kappa shape index (κ3) is 6.32. The Morgan fingerprint density at radius 3 is 2.72 bits per heavy atom. The van der Waals surface area contributed by atoms with Crippen LogP contribution in [0, 0.1) is 0 Å². The van der Waals surface area contributed by atoms with E-state index in [0.717, 1.165) is 5.75 Å². The molecule has 0 unspecified atom stereocenters. The maximum atomic E-state index is 11.9.